The van der Waals surface area contributed by atoms with E-state index in [0.29, 0.717) is 11.3 Å². The molecule has 0 aromatic heterocycles. The third-order valence-electron chi connectivity index (χ3n) is 4.40. The molecule has 2 rings (SSSR count). The van der Waals surface area contributed by atoms with Gasteiger partial charge in [0, 0.05) is 5.56 Å². The highest BCUT2D eigenvalue weighted by atomic mass is 32.2. The van der Waals surface area contributed by atoms with Crippen molar-refractivity contribution in [2.45, 2.75) is 44.2 Å². The maximum atomic E-state index is 12.9. The first-order valence-electron chi connectivity index (χ1n) is 9.29. The number of ether oxygens (including phenoxy) is 2. The second kappa shape index (κ2) is 9.73. The Kier molecular flexibility index (Phi) is 7.58. The van der Waals surface area contributed by atoms with Gasteiger partial charge in [-0.05, 0) is 56.2 Å². The Morgan fingerprint density at radius 2 is 1.73 bits per heavy atom. The molecule has 0 spiro atoms. The third-order valence-corrected chi connectivity index (χ3v) is 5.45. The lowest BCUT2D eigenvalue weighted by Gasteiger charge is -2.20. The first-order chi connectivity index (χ1) is 14.0. The normalized spacial score (nSPS) is 12.3. The Balaban J connectivity index is 2.35. The van der Waals surface area contributed by atoms with Gasteiger partial charge in [0.05, 0.1) is 30.6 Å². The number of esters is 1. The predicted octanol–water partition coefficient (Wildman–Crippen LogP) is 2.46. The number of primary sulfonamides is 1. The Hall–Kier alpha value is -2.91. The van der Waals surface area contributed by atoms with E-state index in [9.17, 15) is 18.0 Å². The first kappa shape index (κ1) is 23.4. The number of amides is 1. The lowest BCUT2D eigenvalue weighted by molar-refractivity contribution is -0.147. The minimum absolute atomic E-state index is 0.0931. The summed E-state index contributed by atoms with van der Waals surface area (Å²) in [5.41, 5.74) is 1.05. The summed E-state index contributed by atoms with van der Waals surface area (Å²) < 4.78 is 33.9. The van der Waals surface area contributed by atoms with E-state index in [2.05, 4.69) is 5.32 Å². The molecule has 0 radical (unpaired) electrons. The molecule has 30 heavy (non-hydrogen) atoms. The summed E-state index contributed by atoms with van der Waals surface area (Å²) in [6.45, 7) is 4.98. The smallest absolute Gasteiger partial charge is 0.308 e. The lowest BCUT2D eigenvalue weighted by Crippen LogP contribution is -2.32. The fourth-order valence-corrected chi connectivity index (χ4v) is 3.78. The molecule has 2 aromatic carbocycles. The number of carbonyl (C=O) groups excluding carboxylic acids is 2. The van der Waals surface area contributed by atoms with Crippen LogP contribution in [0.2, 0.25) is 0 Å². The Morgan fingerprint density at radius 1 is 1.10 bits per heavy atom. The quantitative estimate of drug-likeness (QED) is 0.615. The second-order valence-electron chi connectivity index (χ2n) is 7.02. The average Bonchev–Trinajstić information content (AvgIpc) is 2.66. The molecule has 1 unspecified atom stereocenters. The maximum Gasteiger partial charge on any atom is 0.308 e. The zero-order valence-electron chi connectivity index (χ0n) is 17.3. The van der Waals surface area contributed by atoms with Crippen LogP contribution in [0.25, 0.3) is 0 Å². The van der Waals surface area contributed by atoms with Crippen LogP contribution in [-0.2, 0) is 19.6 Å². The topological polar surface area (TPSA) is 125 Å². The number of rotatable bonds is 8. The van der Waals surface area contributed by atoms with Crippen LogP contribution in [0, 0.1) is 6.92 Å². The van der Waals surface area contributed by atoms with Crippen LogP contribution in [0.1, 0.15) is 47.8 Å². The summed E-state index contributed by atoms with van der Waals surface area (Å²) in [5.74, 6) is -0.373. The number of methoxy groups -OCH3 is 1. The van der Waals surface area contributed by atoms with Gasteiger partial charge in [-0.25, -0.2) is 13.6 Å². The van der Waals surface area contributed by atoms with Crippen LogP contribution in [0.5, 0.6) is 5.75 Å². The summed E-state index contributed by atoms with van der Waals surface area (Å²) >= 11 is 0. The van der Waals surface area contributed by atoms with E-state index < -0.39 is 27.9 Å². The minimum atomic E-state index is -3.98. The molecule has 0 heterocycles. The van der Waals surface area contributed by atoms with Crippen LogP contribution in [0.3, 0.4) is 0 Å². The van der Waals surface area contributed by atoms with Crippen LogP contribution in [-0.4, -0.2) is 33.5 Å². The highest BCUT2D eigenvalue weighted by molar-refractivity contribution is 7.89. The molecule has 0 bridgehead atoms. The van der Waals surface area contributed by atoms with Crippen LogP contribution < -0.4 is 15.2 Å². The van der Waals surface area contributed by atoms with Gasteiger partial charge >= 0.3 is 5.97 Å². The lowest BCUT2D eigenvalue weighted by atomic mass is 10.0. The molecule has 0 aliphatic heterocycles. The highest BCUT2D eigenvalue weighted by Crippen LogP contribution is 2.23. The molecular weight excluding hydrogens is 408 g/mol. The van der Waals surface area contributed by atoms with Gasteiger partial charge in [0.1, 0.15) is 5.75 Å². The van der Waals surface area contributed by atoms with Crippen molar-refractivity contribution in [3.8, 4) is 5.75 Å². The monoisotopic (exact) mass is 434 g/mol. The van der Waals surface area contributed by atoms with Gasteiger partial charge in [0.15, 0.2) is 0 Å². The number of nitrogens with one attached hydrogen (secondary N) is 1. The van der Waals surface area contributed by atoms with Gasteiger partial charge in [-0.15, -0.1) is 0 Å². The van der Waals surface area contributed by atoms with E-state index in [4.69, 9.17) is 14.6 Å². The van der Waals surface area contributed by atoms with Crippen molar-refractivity contribution in [1.82, 2.24) is 5.32 Å². The van der Waals surface area contributed by atoms with Crippen molar-refractivity contribution in [3.63, 3.8) is 0 Å². The molecule has 162 valence electrons. The maximum absolute atomic E-state index is 12.9. The summed E-state index contributed by atoms with van der Waals surface area (Å²) in [5, 5.41) is 8.02. The Bertz CT molecular complexity index is 1020. The fourth-order valence-electron chi connectivity index (χ4n) is 2.97. The van der Waals surface area contributed by atoms with Crippen molar-refractivity contribution in [2.24, 2.45) is 5.14 Å². The SMILES string of the molecule is COc1ccc(C(CC(=O)OC(C)C)NC(=O)c2cccc(S(N)(=O)=O)c2C)cc1. The van der Waals surface area contributed by atoms with E-state index >= 15 is 0 Å². The van der Waals surface area contributed by atoms with E-state index in [1.54, 1.807) is 38.1 Å². The fraction of sp³-hybridized carbons (Fsp3) is 0.333. The highest BCUT2D eigenvalue weighted by Gasteiger charge is 2.23. The van der Waals surface area contributed by atoms with Crippen LogP contribution >= 0.6 is 0 Å². The second-order valence-corrected chi connectivity index (χ2v) is 8.55. The number of carbonyl (C=O) groups is 2. The van der Waals surface area contributed by atoms with Crippen molar-refractivity contribution >= 4 is 21.9 Å². The number of sulfonamides is 1. The number of nitrogens with two attached hydrogens (primary N) is 1. The van der Waals surface area contributed by atoms with Crippen molar-refractivity contribution in [2.75, 3.05) is 7.11 Å². The molecule has 0 aliphatic rings. The predicted molar refractivity (Wildman–Crippen MR) is 112 cm³/mol. The van der Waals surface area contributed by atoms with E-state index in [1.165, 1.54) is 32.2 Å². The van der Waals surface area contributed by atoms with Gasteiger partial charge < -0.3 is 14.8 Å². The van der Waals surface area contributed by atoms with Crippen molar-refractivity contribution in [1.29, 1.82) is 0 Å². The summed E-state index contributed by atoms with van der Waals surface area (Å²) in [6, 6.07) is 10.5. The van der Waals surface area contributed by atoms with Crippen molar-refractivity contribution < 1.29 is 27.5 Å². The molecule has 1 atom stereocenters. The zero-order valence-corrected chi connectivity index (χ0v) is 18.2. The minimum Gasteiger partial charge on any atom is -0.497 e. The average molecular weight is 435 g/mol. The molecule has 9 heteroatoms. The van der Waals surface area contributed by atoms with Crippen LogP contribution in [0.4, 0.5) is 0 Å². The molecule has 3 N–H and O–H groups in total. The van der Waals surface area contributed by atoms with E-state index in [-0.39, 0.29) is 28.5 Å². The summed E-state index contributed by atoms with van der Waals surface area (Å²) in [6.07, 6.45) is -0.386. The van der Waals surface area contributed by atoms with E-state index in [1.807, 2.05) is 0 Å². The van der Waals surface area contributed by atoms with Crippen LogP contribution in [0.15, 0.2) is 47.4 Å². The standard InChI is InChI=1S/C21H26N2O6S/c1-13(2)29-20(24)12-18(15-8-10-16(28-4)11-9-15)23-21(25)17-6-5-7-19(14(17)3)30(22,26)27/h5-11,13,18H,12H2,1-4H3,(H,23,25)(H2,22,26,27). The summed E-state index contributed by atoms with van der Waals surface area (Å²) in [4.78, 5) is 25.0. The first-order valence-corrected chi connectivity index (χ1v) is 10.8. The van der Waals surface area contributed by atoms with Gasteiger partial charge in [0.25, 0.3) is 5.91 Å². The molecule has 0 aliphatic carbocycles. The molecular formula is C21H26N2O6S. The third kappa shape index (κ3) is 6.04. The molecule has 2 aromatic rings. The molecule has 0 saturated carbocycles. The van der Waals surface area contributed by atoms with Gasteiger partial charge in [-0.2, -0.15) is 0 Å². The number of hydrogen-bond donors (Lipinski definition) is 2. The zero-order chi connectivity index (χ0) is 22.5. The summed E-state index contributed by atoms with van der Waals surface area (Å²) in [7, 11) is -2.44. The van der Waals surface area contributed by atoms with Gasteiger partial charge in [0.2, 0.25) is 10.0 Å². The number of hydrogen-bond acceptors (Lipinski definition) is 6. The molecule has 0 saturated heterocycles. The van der Waals surface area contributed by atoms with Gasteiger partial charge in [-0.3, -0.25) is 9.59 Å². The Morgan fingerprint density at radius 3 is 2.27 bits per heavy atom. The van der Waals surface area contributed by atoms with Crippen molar-refractivity contribution in [3.05, 3.63) is 59.2 Å². The molecule has 8 nitrogen and oxygen atoms in total. The Labute approximate surface area is 176 Å². The molecule has 0 fully saturated rings. The molecule has 1 amide bonds. The largest absolute Gasteiger partial charge is 0.497 e. The van der Waals surface area contributed by atoms with Gasteiger partial charge in [-0.1, -0.05) is 18.2 Å². The number of benzene rings is 2. The van der Waals surface area contributed by atoms with E-state index in [0.717, 1.165) is 0 Å².